The topological polar surface area (TPSA) is 46.3 Å². The quantitative estimate of drug-likeness (QED) is 0.845. The maximum Gasteiger partial charge on any atom is 0.256 e. The molecule has 0 radical (unpaired) electrons. The van der Waals surface area contributed by atoms with Crippen LogP contribution in [-0.4, -0.2) is 30.4 Å². The average molecular weight is 224 g/mol. The Bertz CT molecular complexity index is 366. The summed E-state index contributed by atoms with van der Waals surface area (Å²) < 4.78 is 13.3. The molecule has 1 aromatic carbocycles. The van der Waals surface area contributed by atoms with Crippen LogP contribution in [0.2, 0.25) is 0 Å². The van der Waals surface area contributed by atoms with Crippen LogP contribution in [0, 0.1) is 5.82 Å². The van der Waals surface area contributed by atoms with Crippen LogP contribution in [0.1, 0.15) is 23.7 Å². The predicted molar refractivity (Wildman–Crippen MR) is 61.6 cm³/mol. The Hall–Kier alpha value is -1.42. The van der Waals surface area contributed by atoms with Crippen molar-refractivity contribution in [3.63, 3.8) is 0 Å². The molecule has 0 saturated carbocycles. The molecular formula is C12H17FN2O. The first kappa shape index (κ1) is 12.6. The fraction of sp³-hybridized carbons (Fsp3) is 0.417. The molecule has 1 atom stereocenters. The number of halogens is 1. The molecule has 0 heterocycles. The van der Waals surface area contributed by atoms with E-state index in [0.717, 1.165) is 0 Å². The number of nitrogens with zero attached hydrogens (tertiary/aromatic N) is 1. The van der Waals surface area contributed by atoms with Crippen molar-refractivity contribution >= 4 is 5.91 Å². The smallest absolute Gasteiger partial charge is 0.256 e. The zero-order valence-corrected chi connectivity index (χ0v) is 9.61. The fourth-order valence-corrected chi connectivity index (χ4v) is 1.34. The van der Waals surface area contributed by atoms with Crippen molar-refractivity contribution in [3.05, 3.63) is 35.6 Å². The summed E-state index contributed by atoms with van der Waals surface area (Å²) in [5, 5.41) is 0. The van der Waals surface area contributed by atoms with E-state index in [1.165, 1.54) is 17.0 Å². The van der Waals surface area contributed by atoms with Crippen molar-refractivity contribution in [3.8, 4) is 0 Å². The van der Waals surface area contributed by atoms with Crippen molar-refractivity contribution in [2.45, 2.75) is 19.4 Å². The van der Waals surface area contributed by atoms with Crippen LogP contribution in [0.5, 0.6) is 0 Å². The fourth-order valence-electron chi connectivity index (χ4n) is 1.34. The molecule has 4 heteroatoms. The SMILES string of the molecule is CC(N)CCN(C)C(=O)c1ccccc1F. The molecule has 0 saturated heterocycles. The number of benzene rings is 1. The summed E-state index contributed by atoms with van der Waals surface area (Å²) in [5.74, 6) is -0.793. The van der Waals surface area contributed by atoms with Crippen LogP contribution in [0.15, 0.2) is 24.3 Å². The minimum Gasteiger partial charge on any atom is -0.342 e. The third-order valence-electron chi connectivity index (χ3n) is 2.37. The second-order valence-corrected chi connectivity index (χ2v) is 3.97. The third kappa shape index (κ3) is 3.31. The van der Waals surface area contributed by atoms with E-state index in [9.17, 15) is 9.18 Å². The molecule has 0 spiro atoms. The molecule has 3 nitrogen and oxygen atoms in total. The number of amides is 1. The van der Waals surface area contributed by atoms with Crippen LogP contribution in [0.3, 0.4) is 0 Å². The van der Waals surface area contributed by atoms with Gasteiger partial charge < -0.3 is 10.6 Å². The van der Waals surface area contributed by atoms with Crippen molar-refractivity contribution in [1.82, 2.24) is 4.90 Å². The molecule has 0 bridgehead atoms. The molecule has 0 aromatic heterocycles. The van der Waals surface area contributed by atoms with Gasteiger partial charge in [-0.2, -0.15) is 0 Å². The first-order chi connectivity index (χ1) is 7.52. The normalized spacial score (nSPS) is 12.2. The van der Waals surface area contributed by atoms with Gasteiger partial charge >= 0.3 is 0 Å². The molecule has 1 unspecified atom stereocenters. The van der Waals surface area contributed by atoms with E-state index in [0.29, 0.717) is 13.0 Å². The molecule has 16 heavy (non-hydrogen) atoms. The molecule has 0 aliphatic carbocycles. The van der Waals surface area contributed by atoms with E-state index in [-0.39, 0.29) is 17.5 Å². The maximum absolute atomic E-state index is 13.3. The largest absolute Gasteiger partial charge is 0.342 e. The van der Waals surface area contributed by atoms with Crippen LogP contribution < -0.4 is 5.73 Å². The molecule has 0 fully saturated rings. The third-order valence-corrected chi connectivity index (χ3v) is 2.37. The van der Waals surface area contributed by atoms with Gasteiger partial charge in [-0.3, -0.25) is 4.79 Å². The Labute approximate surface area is 95.0 Å². The summed E-state index contributed by atoms with van der Waals surface area (Å²) in [6.45, 7) is 2.41. The number of hydrogen-bond donors (Lipinski definition) is 1. The number of carbonyl (C=O) groups excluding carboxylic acids is 1. The van der Waals surface area contributed by atoms with E-state index in [2.05, 4.69) is 0 Å². The van der Waals surface area contributed by atoms with Crippen molar-refractivity contribution < 1.29 is 9.18 Å². The lowest BCUT2D eigenvalue weighted by Gasteiger charge is -2.18. The van der Waals surface area contributed by atoms with Crippen molar-refractivity contribution in [2.24, 2.45) is 5.73 Å². The van der Waals surface area contributed by atoms with Gasteiger partial charge in [0, 0.05) is 19.6 Å². The molecule has 2 N–H and O–H groups in total. The minimum atomic E-state index is -0.486. The van der Waals surface area contributed by atoms with Crippen molar-refractivity contribution in [2.75, 3.05) is 13.6 Å². The Morgan fingerprint density at radius 3 is 2.69 bits per heavy atom. The first-order valence-electron chi connectivity index (χ1n) is 5.28. The molecule has 88 valence electrons. The summed E-state index contributed by atoms with van der Waals surface area (Å²) in [6.07, 6.45) is 0.705. The highest BCUT2D eigenvalue weighted by molar-refractivity contribution is 5.94. The zero-order chi connectivity index (χ0) is 12.1. The maximum atomic E-state index is 13.3. The monoisotopic (exact) mass is 224 g/mol. The Morgan fingerprint density at radius 1 is 1.50 bits per heavy atom. The molecule has 1 amide bonds. The van der Waals surface area contributed by atoms with Gasteiger partial charge in [-0.05, 0) is 25.5 Å². The Kier molecular flexibility index (Phi) is 4.43. The highest BCUT2D eigenvalue weighted by Gasteiger charge is 2.15. The molecular weight excluding hydrogens is 207 g/mol. The van der Waals surface area contributed by atoms with Gasteiger partial charge in [-0.15, -0.1) is 0 Å². The molecule has 1 aromatic rings. The van der Waals surface area contributed by atoms with Gasteiger partial charge in [0.2, 0.25) is 0 Å². The zero-order valence-electron chi connectivity index (χ0n) is 9.61. The Balaban J connectivity index is 2.67. The summed E-state index contributed by atoms with van der Waals surface area (Å²) in [7, 11) is 1.65. The standard InChI is InChI=1S/C12H17FN2O/c1-9(14)7-8-15(2)12(16)10-5-3-4-6-11(10)13/h3-6,9H,7-8,14H2,1-2H3. The van der Waals surface area contributed by atoms with E-state index < -0.39 is 5.82 Å². The van der Waals surface area contributed by atoms with Gasteiger partial charge in [0.1, 0.15) is 5.82 Å². The highest BCUT2D eigenvalue weighted by Crippen LogP contribution is 2.09. The minimum absolute atomic E-state index is 0.0378. The van der Waals surface area contributed by atoms with Crippen molar-refractivity contribution in [1.29, 1.82) is 0 Å². The van der Waals surface area contributed by atoms with Gasteiger partial charge in [0.05, 0.1) is 5.56 Å². The first-order valence-corrected chi connectivity index (χ1v) is 5.28. The van der Waals surface area contributed by atoms with Crippen LogP contribution in [0.4, 0.5) is 4.39 Å². The lowest BCUT2D eigenvalue weighted by molar-refractivity contribution is 0.0787. The van der Waals surface area contributed by atoms with E-state index in [1.807, 2.05) is 6.92 Å². The van der Waals surface area contributed by atoms with Gasteiger partial charge in [0.15, 0.2) is 0 Å². The predicted octanol–water partition coefficient (Wildman–Crippen LogP) is 1.63. The number of hydrogen-bond acceptors (Lipinski definition) is 2. The van der Waals surface area contributed by atoms with Crippen LogP contribution in [-0.2, 0) is 0 Å². The second kappa shape index (κ2) is 5.61. The molecule has 0 aliphatic rings. The summed E-state index contributed by atoms with van der Waals surface area (Å²) in [6, 6.07) is 6.02. The van der Waals surface area contributed by atoms with Gasteiger partial charge in [-0.1, -0.05) is 12.1 Å². The lowest BCUT2D eigenvalue weighted by atomic mass is 10.1. The summed E-state index contributed by atoms with van der Waals surface area (Å²) in [4.78, 5) is 13.3. The summed E-state index contributed by atoms with van der Waals surface area (Å²) >= 11 is 0. The lowest BCUT2D eigenvalue weighted by Crippen LogP contribution is -2.31. The van der Waals surface area contributed by atoms with Crippen LogP contribution in [0.25, 0.3) is 0 Å². The Morgan fingerprint density at radius 2 is 2.12 bits per heavy atom. The van der Waals surface area contributed by atoms with E-state index >= 15 is 0 Å². The number of nitrogens with two attached hydrogens (primary N) is 1. The summed E-state index contributed by atoms with van der Waals surface area (Å²) in [5.41, 5.74) is 5.70. The van der Waals surface area contributed by atoms with Crippen LogP contribution >= 0.6 is 0 Å². The molecule has 0 aliphatic heterocycles. The van der Waals surface area contributed by atoms with E-state index in [4.69, 9.17) is 5.73 Å². The number of carbonyl (C=O) groups is 1. The van der Waals surface area contributed by atoms with E-state index in [1.54, 1.807) is 19.2 Å². The van der Waals surface area contributed by atoms with Gasteiger partial charge in [0.25, 0.3) is 5.91 Å². The number of rotatable bonds is 4. The second-order valence-electron chi connectivity index (χ2n) is 3.97. The average Bonchev–Trinajstić information content (AvgIpc) is 2.25. The van der Waals surface area contributed by atoms with Gasteiger partial charge in [-0.25, -0.2) is 4.39 Å². The highest BCUT2D eigenvalue weighted by atomic mass is 19.1. The molecule has 1 rings (SSSR count).